The van der Waals surface area contributed by atoms with Crippen molar-refractivity contribution in [3.8, 4) is 0 Å². The van der Waals surface area contributed by atoms with Gasteiger partial charge in [0.2, 0.25) is 0 Å². The predicted molar refractivity (Wildman–Crippen MR) is 75.5 cm³/mol. The van der Waals surface area contributed by atoms with Crippen molar-refractivity contribution in [3.05, 3.63) is 0 Å². The minimum absolute atomic E-state index is 0.151. The van der Waals surface area contributed by atoms with Crippen LogP contribution < -0.4 is 11.1 Å². The second-order valence-electron chi connectivity index (χ2n) is 4.99. The van der Waals surface area contributed by atoms with Gasteiger partial charge in [-0.25, -0.2) is 0 Å². The average molecular weight is 290 g/mol. The zero-order chi connectivity index (χ0) is 15.7. The smallest absolute Gasteiger partial charge is 0.320 e. The van der Waals surface area contributed by atoms with Gasteiger partial charge < -0.3 is 26.4 Å². The van der Waals surface area contributed by atoms with E-state index in [9.17, 15) is 20.1 Å². The molecule has 0 bridgehead atoms. The maximum Gasteiger partial charge on any atom is 0.320 e. The molecule has 0 fully saturated rings. The molecule has 118 valence electrons. The molecule has 0 aromatic heterocycles. The summed E-state index contributed by atoms with van der Waals surface area (Å²) in [7, 11) is 0. The number of nitrogens with two attached hydrogens (primary N) is 1. The Morgan fingerprint density at radius 2 is 1.80 bits per heavy atom. The van der Waals surface area contributed by atoms with E-state index in [1.807, 2.05) is 0 Å². The Balaban J connectivity index is 4.54. The summed E-state index contributed by atoms with van der Waals surface area (Å²) in [6.45, 7) is 3.93. The molecule has 2 unspecified atom stereocenters. The van der Waals surface area contributed by atoms with Crippen LogP contribution in [0, 0.1) is 5.41 Å². The minimum atomic E-state index is -0.992. The molecule has 0 heterocycles. The Kier molecular flexibility index (Phi) is 8.86. The third-order valence-corrected chi connectivity index (χ3v) is 2.69. The van der Waals surface area contributed by atoms with Gasteiger partial charge in [-0.2, -0.15) is 0 Å². The highest BCUT2D eigenvalue weighted by molar-refractivity contribution is 5.74. The molecular weight excluding hydrogens is 264 g/mol. The molecule has 0 aromatic rings. The number of carbonyl (C=O) groups is 1. The summed E-state index contributed by atoms with van der Waals surface area (Å²) >= 11 is 0. The zero-order valence-corrected chi connectivity index (χ0v) is 12.0. The summed E-state index contributed by atoms with van der Waals surface area (Å²) in [5, 5.41) is 37.8. The molecule has 8 heteroatoms. The van der Waals surface area contributed by atoms with Gasteiger partial charge in [-0.3, -0.25) is 15.1 Å². The summed E-state index contributed by atoms with van der Waals surface area (Å²) in [4.78, 5) is 12.9. The molecule has 0 aliphatic carbocycles. The van der Waals surface area contributed by atoms with E-state index in [0.29, 0.717) is 19.4 Å². The number of guanidine groups is 1. The van der Waals surface area contributed by atoms with Gasteiger partial charge in [0.05, 0.1) is 12.2 Å². The third kappa shape index (κ3) is 8.68. The molecule has 20 heavy (non-hydrogen) atoms. The minimum Gasteiger partial charge on any atom is -0.480 e. The number of carboxylic acid groups (broad SMARTS) is 1. The third-order valence-electron chi connectivity index (χ3n) is 2.69. The van der Waals surface area contributed by atoms with Crippen LogP contribution in [0.5, 0.6) is 0 Å². The molecule has 0 saturated heterocycles. The van der Waals surface area contributed by atoms with Crippen molar-refractivity contribution in [2.75, 3.05) is 19.6 Å². The van der Waals surface area contributed by atoms with Crippen molar-refractivity contribution in [1.82, 2.24) is 10.2 Å². The number of aliphatic carboxylic acids is 1. The number of carboxylic acids is 1. The Morgan fingerprint density at radius 1 is 1.30 bits per heavy atom. The summed E-state index contributed by atoms with van der Waals surface area (Å²) in [5.74, 6) is -1.14. The van der Waals surface area contributed by atoms with Crippen LogP contribution in [0.15, 0.2) is 0 Å². The van der Waals surface area contributed by atoms with Gasteiger partial charge in [-0.15, -0.1) is 0 Å². The first-order chi connectivity index (χ1) is 9.23. The van der Waals surface area contributed by atoms with Gasteiger partial charge in [0.1, 0.15) is 6.04 Å². The number of hydrogen-bond donors (Lipinski definition) is 6. The van der Waals surface area contributed by atoms with Crippen molar-refractivity contribution in [2.45, 2.75) is 44.9 Å². The lowest BCUT2D eigenvalue weighted by Gasteiger charge is -2.30. The number of nitrogens with one attached hydrogen (secondary N) is 2. The van der Waals surface area contributed by atoms with E-state index < -0.39 is 24.2 Å². The number of hydrogen-bond acceptors (Lipinski definition) is 5. The second kappa shape index (κ2) is 9.51. The quantitative estimate of drug-likeness (QED) is 0.168. The van der Waals surface area contributed by atoms with Gasteiger partial charge in [-0.05, 0) is 26.7 Å². The van der Waals surface area contributed by atoms with E-state index >= 15 is 0 Å². The van der Waals surface area contributed by atoms with Crippen LogP contribution in [0.25, 0.3) is 0 Å². The van der Waals surface area contributed by atoms with Crippen LogP contribution in [0.4, 0.5) is 0 Å². The van der Waals surface area contributed by atoms with Crippen LogP contribution in [0.3, 0.4) is 0 Å². The van der Waals surface area contributed by atoms with Crippen molar-refractivity contribution in [2.24, 2.45) is 5.73 Å². The zero-order valence-electron chi connectivity index (χ0n) is 12.0. The largest absolute Gasteiger partial charge is 0.480 e. The molecule has 0 aliphatic heterocycles. The summed E-state index contributed by atoms with van der Waals surface area (Å²) in [6, 6.07) is -0.784. The maximum absolute atomic E-state index is 11.3. The molecule has 0 radical (unpaired) electrons. The second-order valence-corrected chi connectivity index (χ2v) is 4.99. The monoisotopic (exact) mass is 290 g/mol. The van der Waals surface area contributed by atoms with Crippen molar-refractivity contribution >= 4 is 11.9 Å². The SMILES string of the molecule is CC(O)CN(CC(C)O)[C@@H](CCCNC(=N)N)C(=O)O. The first kappa shape index (κ1) is 18.6. The number of nitrogens with zero attached hydrogens (tertiary/aromatic N) is 1. The van der Waals surface area contributed by atoms with E-state index in [2.05, 4.69) is 5.32 Å². The molecule has 3 atom stereocenters. The fourth-order valence-electron chi connectivity index (χ4n) is 1.99. The van der Waals surface area contributed by atoms with E-state index in [-0.39, 0.29) is 19.0 Å². The molecule has 0 aromatic carbocycles. The lowest BCUT2D eigenvalue weighted by atomic mass is 10.1. The van der Waals surface area contributed by atoms with Crippen LogP contribution in [0.1, 0.15) is 26.7 Å². The van der Waals surface area contributed by atoms with E-state index in [4.69, 9.17) is 11.1 Å². The van der Waals surface area contributed by atoms with Gasteiger partial charge in [-0.1, -0.05) is 0 Å². The molecule has 7 N–H and O–H groups in total. The Hall–Kier alpha value is -1.38. The molecule has 0 amide bonds. The lowest BCUT2D eigenvalue weighted by Crippen LogP contribution is -2.47. The fourth-order valence-corrected chi connectivity index (χ4v) is 1.99. The van der Waals surface area contributed by atoms with Crippen molar-refractivity contribution in [3.63, 3.8) is 0 Å². The number of aliphatic hydroxyl groups is 2. The highest BCUT2D eigenvalue weighted by Crippen LogP contribution is 2.10. The molecule has 0 spiro atoms. The first-order valence-corrected chi connectivity index (χ1v) is 6.65. The fraction of sp³-hybridized carbons (Fsp3) is 0.833. The van der Waals surface area contributed by atoms with Crippen LogP contribution in [0.2, 0.25) is 0 Å². The normalized spacial score (nSPS) is 15.7. The molecular formula is C12H26N4O4. The summed E-state index contributed by atoms with van der Waals surface area (Å²) in [6.07, 6.45) is -0.487. The first-order valence-electron chi connectivity index (χ1n) is 6.65. The van der Waals surface area contributed by atoms with Gasteiger partial charge >= 0.3 is 5.97 Å². The highest BCUT2D eigenvalue weighted by Gasteiger charge is 2.26. The lowest BCUT2D eigenvalue weighted by molar-refractivity contribution is -0.144. The number of rotatable bonds is 10. The average Bonchev–Trinajstić information content (AvgIpc) is 2.25. The highest BCUT2D eigenvalue weighted by atomic mass is 16.4. The standard InChI is InChI=1S/C12H26N4O4/c1-8(17)6-16(7-9(2)18)10(11(19)20)4-3-5-15-12(13)14/h8-10,17-18H,3-7H2,1-2H3,(H,19,20)(H4,13,14,15)/t8?,9?,10-/m0/s1. The van der Waals surface area contributed by atoms with E-state index in [1.54, 1.807) is 18.7 Å². The van der Waals surface area contributed by atoms with Gasteiger partial charge in [0.15, 0.2) is 5.96 Å². The van der Waals surface area contributed by atoms with Crippen LogP contribution >= 0.6 is 0 Å². The predicted octanol–water partition coefficient (Wildman–Crippen LogP) is -1.23. The topological polar surface area (TPSA) is 143 Å². The van der Waals surface area contributed by atoms with E-state index in [0.717, 1.165) is 0 Å². The van der Waals surface area contributed by atoms with Crippen molar-refractivity contribution < 1.29 is 20.1 Å². The van der Waals surface area contributed by atoms with Crippen molar-refractivity contribution in [1.29, 1.82) is 5.41 Å². The summed E-state index contributed by atoms with van der Waals surface area (Å²) < 4.78 is 0. The van der Waals surface area contributed by atoms with E-state index in [1.165, 1.54) is 0 Å². The van der Waals surface area contributed by atoms with Gasteiger partial charge in [0.25, 0.3) is 0 Å². The van der Waals surface area contributed by atoms with Crippen LogP contribution in [-0.2, 0) is 4.79 Å². The number of aliphatic hydroxyl groups excluding tert-OH is 2. The Labute approximate surface area is 119 Å². The Bertz CT molecular complexity index is 300. The van der Waals surface area contributed by atoms with Crippen LogP contribution in [-0.4, -0.2) is 70.0 Å². The Morgan fingerprint density at radius 3 is 2.15 bits per heavy atom. The maximum atomic E-state index is 11.3. The molecule has 8 nitrogen and oxygen atoms in total. The molecule has 0 saturated carbocycles. The summed E-state index contributed by atoms with van der Waals surface area (Å²) in [5.41, 5.74) is 5.14. The molecule has 0 aliphatic rings. The molecule has 0 rings (SSSR count). The van der Waals surface area contributed by atoms with Gasteiger partial charge in [0, 0.05) is 19.6 Å².